The third-order valence-corrected chi connectivity index (χ3v) is 3.54. The fraction of sp³-hybridized carbons (Fsp3) is 0.500. The van der Waals surface area contributed by atoms with Gasteiger partial charge in [0.15, 0.2) is 5.84 Å². The smallest absolute Gasteiger partial charge is 0.170 e. The molecule has 1 aromatic rings. The first-order chi connectivity index (χ1) is 9.22. The Bertz CT molecular complexity index is 431. The Labute approximate surface area is 113 Å². The molecule has 0 spiro atoms. The second-order valence-corrected chi connectivity index (χ2v) is 5.03. The van der Waals surface area contributed by atoms with Gasteiger partial charge in [0.25, 0.3) is 0 Å². The van der Waals surface area contributed by atoms with Crippen LogP contribution in [0.3, 0.4) is 0 Å². The predicted octanol–water partition coefficient (Wildman–Crippen LogP) is 1.25. The summed E-state index contributed by atoms with van der Waals surface area (Å²) in [6, 6.07) is 7.81. The fourth-order valence-electron chi connectivity index (χ4n) is 2.53. The zero-order valence-electron chi connectivity index (χ0n) is 11.2. The van der Waals surface area contributed by atoms with Gasteiger partial charge in [-0.05, 0) is 24.4 Å². The average molecular weight is 263 g/mol. The molecular weight excluding hydrogens is 242 g/mol. The van der Waals surface area contributed by atoms with Gasteiger partial charge < -0.3 is 15.7 Å². The Morgan fingerprint density at radius 3 is 2.84 bits per heavy atom. The van der Waals surface area contributed by atoms with Gasteiger partial charge in [-0.1, -0.05) is 29.4 Å². The summed E-state index contributed by atoms with van der Waals surface area (Å²) in [5.74, 6) is 0.800. The minimum atomic E-state index is 0.146. The summed E-state index contributed by atoms with van der Waals surface area (Å²) in [5.41, 5.74) is 7.52. The van der Waals surface area contributed by atoms with Gasteiger partial charge >= 0.3 is 0 Å². The number of amidine groups is 1. The van der Waals surface area contributed by atoms with Crippen LogP contribution in [-0.4, -0.2) is 42.7 Å². The molecule has 0 aromatic heterocycles. The average Bonchev–Trinajstić information content (AvgIpc) is 2.86. The van der Waals surface area contributed by atoms with E-state index in [2.05, 4.69) is 10.1 Å². The normalized spacial score (nSPS) is 20.9. The largest absolute Gasteiger partial charge is 0.409 e. The molecular formula is C14H21N3O2. The Morgan fingerprint density at radius 2 is 2.21 bits per heavy atom. The number of benzene rings is 1. The number of oxime groups is 1. The summed E-state index contributed by atoms with van der Waals surface area (Å²) in [7, 11) is 1.76. The van der Waals surface area contributed by atoms with Gasteiger partial charge in [-0.15, -0.1) is 0 Å². The van der Waals surface area contributed by atoms with Crippen LogP contribution in [-0.2, 0) is 11.3 Å². The zero-order chi connectivity index (χ0) is 13.7. The summed E-state index contributed by atoms with van der Waals surface area (Å²) in [6.45, 7) is 4.00. The topological polar surface area (TPSA) is 71.1 Å². The lowest BCUT2D eigenvalue weighted by Gasteiger charge is -2.16. The maximum Gasteiger partial charge on any atom is 0.170 e. The Balaban J connectivity index is 1.90. The van der Waals surface area contributed by atoms with E-state index in [1.165, 1.54) is 12.0 Å². The van der Waals surface area contributed by atoms with Crippen LogP contribution in [0.4, 0.5) is 0 Å². The van der Waals surface area contributed by atoms with Crippen molar-refractivity contribution in [3.05, 3.63) is 35.4 Å². The standard InChI is InChI=1S/C14H21N3O2/c1-19-10-12-6-7-17(9-12)8-11-2-4-13(5-3-11)14(15)16-18/h2-5,12,18H,6-10H2,1H3,(H2,15,16). The molecule has 2 rings (SSSR count). The Morgan fingerprint density at radius 1 is 1.47 bits per heavy atom. The van der Waals surface area contributed by atoms with Crippen molar-refractivity contribution in [2.75, 3.05) is 26.8 Å². The molecule has 1 unspecified atom stereocenters. The molecule has 1 aromatic carbocycles. The third kappa shape index (κ3) is 3.68. The first kappa shape index (κ1) is 13.8. The van der Waals surface area contributed by atoms with Crippen LogP contribution in [0.25, 0.3) is 0 Å². The number of ether oxygens (including phenoxy) is 1. The van der Waals surface area contributed by atoms with Crippen molar-refractivity contribution in [3.63, 3.8) is 0 Å². The second kappa shape index (κ2) is 6.54. The highest BCUT2D eigenvalue weighted by Gasteiger charge is 2.22. The minimum Gasteiger partial charge on any atom is -0.409 e. The maximum atomic E-state index is 8.61. The molecule has 0 amide bonds. The fourth-order valence-corrected chi connectivity index (χ4v) is 2.53. The lowest BCUT2D eigenvalue weighted by atomic mass is 10.1. The number of rotatable bonds is 5. The Kier molecular flexibility index (Phi) is 4.76. The number of methoxy groups -OCH3 is 1. The molecule has 1 aliphatic heterocycles. The third-order valence-electron chi connectivity index (χ3n) is 3.54. The maximum absolute atomic E-state index is 8.61. The van der Waals surface area contributed by atoms with Crippen molar-refractivity contribution in [1.82, 2.24) is 4.90 Å². The van der Waals surface area contributed by atoms with Crippen LogP contribution in [0, 0.1) is 5.92 Å². The van der Waals surface area contributed by atoms with Gasteiger partial charge in [-0.3, -0.25) is 4.90 Å². The van der Waals surface area contributed by atoms with E-state index in [4.69, 9.17) is 15.7 Å². The van der Waals surface area contributed by atoms with Crippen molar-refractivity contribution in [3.8, 4) is 0 Å². The monoisotopic (exact) mass is 263 g/mol. The van der Waals surface area contributed by atoms with E-state index in [-0.39, 0.29) is 5.84 Å². The molecule has 19 heavy (non-hydrogen) atoms. The lowest BCUT2D eigenvalue weighted by Crippen LogP contribution is -2.21. The van der Waals surface area contributed by atoms with E-state index < -0.39 is 0 Å². The van der Waals surface area contributed by atoms with E-state index in [0.29, 0.717) is 5.92 Å². The summed E-state index contributed by atoms with van der Waals surface area (Å²) < 4.78 is 5.20. The molecule has 0 bridgehead atoms. The number of nitrogens with zero attached hydrogens (tertiary/aromatic N) is 2. The number of hydrogen-bond acceptors (Lipinski definition) is 4. The lowest BCUT2D eigenvalue weighted by molar-refractivity contribution is 0.152. The summed E-state index contributed by atoms with van der Waals surface area (Å²) in [6.07, 6.45) is 1.20. The SMILES string of the molecule is COCC1CCN(Cc2ccc(C(N)=NO)cc2)C1. The molecule has 104 valence electrons. The highest BCUT2D eigenvalue weighted by atomic mass is 16.5. The van der Waals surface area contributed by atoms with Crippen LogP contribution >= 0.6 is 0 Å². The van der Waals surface area contributed by atoms with E-state index in [1.807, 2.05) is 24.3 Å². The van der Waals surface area contributed by atoms with E-state index in [1.54, 1.807) is 7.11 Å². The van der Waals surface area contributed by atoms with Crippen molar-refractivity contribution in [1.29, 1.82) is 0 Å². The molecule has 1 saturated heterocycles. The predicted molar refractivity (Wildman–Crippen MR) is 74.2 cm³/mol. The van der Waals surface area contributed by atoms with Gasteiger partial charge in [-0.25, -0.2) is 0 Å². The van der Waals surface area contributed by atoms with Crippen LogP contribution in [0.1, 0.15) is 17.5 Å². The van der Waals surface area contributed by atoms with Crippen LogP contribution in [0.2, 0.25) is 0 Å². The molecule has 3 N–H and O–H groups in total. The summed E-state index contributed by atoms with van der Waals surface area (Å²) in [4.78, 5) is 2.43. The zero-order valence-corrected chi connectivity index (χ0v) is 11.2. The first-order valence-electron chi connectivity index (χ1n) is 6.51. The molecule has 5 heteroatoms. The van der Waals surface area contributed by atoms with Crippen molar-refractivity contribution in [2.24, 2.45) is 16.8 Å². The van der Waals surface area contributed by atoms with Crippen LogP contribution in [0.15, 0.2) is 29.4 Å². The quantitative estimate of drug-likeness (QED) is 0.363. The highest BCUT2D eigenvalue weighted by molar-refractivity contribution is 5.96. The van der Waals surface area contributed by atoms with E-state index in [9.17, 15) is 0 Å². The molecule has 0 radical (unpaired) electrons. The highest BCUT2D eigenvalue weighted by Crippen LogP contribution is 2.19. The summed E-state index contributed by atoms with van der Waals surface area (Å²) in [5, 5.41) is 11.6. The molecule has 1 atom stereocenters. The second-order valence-electron chi connectivity index (χ2n) is 5.03. The number of hydrogen-bond donors (Lipinski definition) is 2. The van der Waals surface area contributed by atoms with Crippen molar-refractivity contribution < 1.29 is 9.94 Å². The first-order valence-corrected chi connectivity index (χ1v) is 6.51. The van der Waals surface area contributed by atoms with Crippen LogP contribution < -0.4 is 5.73 Å². The van der Waals surface area contributed by atoms with Crippen molar-refractivity contribution in [2.45, 2.75) is 13.0 Å². The molecule has 1 fully saturated rings. The van der Waals surface area contributed by atoms with E-state index >= 15 is 0 Å². The van der Waals surface area contributed by atoms with E-state index in [0.717, 1.165) is 31.8 Å². The molecule has 1 heterocycles. The number of nitrogens with two attached hydrogens (primary N) is 1. The van der Waals surface area contributed by atoms with Gasteiger partial charge in [0.2, 0.25) is 0 Å². The van der Waals surface area contributed by atoms with Crippen LogP contribution in [0.5, 0.6) is 0 Å². The van der Waals surface area contributed by atoms with Crippen molar-refractivity contribution >= 4 is 5.84 Å². The Hall–Kier alpha value is -1.59. The molecule has 5 nitrogen and oxygen atoms in total. The summed E-state index contributed by atoms with van der Waals surface area (Å²) >= 11 is 0. The van der Waals surface area contributed by atoms with Gasteiger partial charge in [0.05, 0.1) is 6.61 Å². The van der Waals surface area contributed by atoms with Gasteiger partial charge in [-0.2, -0.15) is 0 Å². The molecule has 1 aliphatic rings. The molecule has 0 saturated carbocycles. The van der Waals surface area contributed by atoms with Gasteiger partial charge in [0.1, 0.15) is 0 Å². The van der Waals surface area contributed by atoms with Gasteiger partial charge in [0, 0.05) is 25.8 Å². The molecule has 0 aliphatic carbocycles. The minimum absolute atomic E-state index is 0.146. The number of likely N-dealkylation sites (tertiary alicyclic amines) is 1.